The highest BCUT2D eigenvalue weighted by Crippen LogP contribution is 2.27. The van der Waals surface area contributed by atoms with Gasteiger partial charge in [0.05, 0.1) is 14.2 Å². The molecule has 32 heavy (non-hydrogen) atoms. The van der Waals surface area contributed by atoms with E-state index in [2.05, 4.69) is 49.6 Å². The fourth-order valence-electron chi connectivity index (χ4n) is 3.55. The van der Waals surface area contributed by atoms with Crippen molar-refractivity contribution in [1.82, 2.24) is 20.5 Å². The van der Waals surface area contributed by atoms with Gasteiger partial charge in [-0.25, -0.2) is 4.98 Å². The van der Waals surface area contributed by atoms with Crippen molar-refractivity contribution in [2.24, 2.45) is 4.99 Å². The van der Waals surface area contributed by atoms with E-state index in [1.165, 1.54) is 11.1 Å². The average Bonchev–Trinajstić information content (AvgIpc) is 2.81. The SMILES string of the molecule is CN=C(NCCc1ccc(OC)c(OC)c1)NCc1ccnc(N2CCN(C)CC2)c1.I. The third kappa shape index (κ3) is 7.40. The lowest BCUT2D eigenvalue weighted by Gasteiger charge is -2.33. The van der Waals surface area contributed by atoms with Crippen molar-refractivity contribution in [3.8, 4) is 11.5 Å². The highest BCUT2D eigenvalue weighted by atomic mass is 127. The van der Waals surface area contributed by atoms with Crippen molar-refractivity contribution in [2.75, 3.05) is 65.9 Å². The summed E-state index contributed by atoms with van der Waals surface area (Å²) in [5, 5.41) is 6.76. The van der Waals surface area contributed by atoms with Crippen LogP contribution in [0.4, 0.5) is 5.82 Å². The second-order valence-electron chi connectivity index (χ2n) is 7.60. The summed E-state index contributed by atoms with van der Waals surface area (Å²) in [5.41, 5.74) is 2.36. The van der Waals surface area contributed by atoms with E-state index in [-0.39, 0.29) is 24.0 Å². The zero-order valence-corrected chi connectivity index (χ0v) is 21.8. The molecule has 1 aromatic carbocycles. The average molecular weight is 554 g/mol. The summed E-state index contributed by atoms with van der Waals surface area (Å²) in [4.78, 5) is 13.6. The summed E-state index contributed by atoms with van der Waals surface area (Å²) in [7, 11) is 7.24. The number of piperazine rings is 1. The number of guanidine groups is 1. The Morgan fingerprint density at radius 3 is 2.44 bits per heavy atom. The zero-order chi connectivity index (χ0) is 22.1. The first-order chi connectivity index (χ1) is 15.1. The number of likely N-dealkylation sites (N-methyl/N-ethyl adjacent to an activating group) is 1. The lowest BCUT2D eigenvalue weighted by Crippen LogP contribution is -2.44. The van der Waals surface area contributed by atoms with E-state index < -0.39 is 0 Å². The van der Waals surface area contributed by atoms with E-state index in [1.807, 2.05) is 24.4 Å². The molecule has 2 aromatic rings. The molecule has 1 fully saturated rings. The number of pyridine rings is 1. The highest BCUT2D eigenvalue weighted by molar-refractivity contribution is 14.0. The predicted octanol–water partition coefficient (Wildman–Crippen LogP) is 2.38. The van der Waals surface area contributed by atoms with Crippen molar-refractivity contribution < 1.29 is 9.47 Å². The molecule has 0 saturated carbocycles. The third-order valence-electron chi connectivity index (χ3n) is 5.47. The van der Waals surface area contributed by atoms with E-state index >= 15 is 0 Å². The maximum absolute atomic E-state index is 5.38. The smallest absolute Gasteiger partial charge is 0.191 e. The molecule has 0 spiro atoms. The normalized spacial score (nSPS) is 14.5. The minimum Gasteiger partial charge on any atom is -0.493 e. The fourth-order valence-corrected chi connectivity index (χ4v) is 3.55. The molecule has 176 valence electrons. The standard InChI is InChI=1S/C23H34N6O2.HI/c1-24-23(26-10-7-18-5-6-20(30-3)21(15-18)31-4)27-17-19-8-9-25-22(16-19)29-13-11-28(2)12-14-29;/h5-6,8-9,15-16H,7,10-14,17H2,1-4H3,(H2,24,26,27);1H. The van der Waals surface area contributed by atoms with Crippen LogP contribution in [0.1, 0.15) is 11.1 Å². The summed E-state index contributed by atoms with van der Waals surface area (Å²) in [5.74, 6) is 3.31. The molecule has 8 nitrogen and oxygen atoms in total. The number of hydrogen-bond donors (Lipinski definition) is 2. The highest BCUT2D eigenvalue weighted by Gasteiger charge is 2.15. The number of anilines is 1. The van der Waals surface area contributed by atoms with Crippen molar-refractivity contribution in [3.05, 3.63) is 47.7 Å². The summed E-state index contributed by atoms with van der Waals surface area (Å²) < 4.78 is 10.7. The molecule has 0 atom stereocenters. The Kier molecular flexibility index (Phi) is 10.8. The van der Waals surface area contributed by atoms with Crippen molar-refractivity contribution in [2.45, 2.75) is 13.0 Å². The summed E-state index contributed by atoms with van der Waals surface area (Å²) in [6, 6.07) is 10.2. The van der Waals surface area contributed by atoms with Gasteiger partial charge in [-0.1, -0.05) is 6.07 Å². The number of benzene rings is 1. The number of ether oxygens (including phenoxy) is 2. The van der Waals surface area contributed by atoms with Gasteiger partial charge in [-0.05, 0) is 48.9 Å². The number of nitrogens with one attached hydrogen (secondary N) is 2. The van der Waals surface area contributed by atoms with Gasteiger partial charge >= 0.3 is 0 Å². The van der Waals surface area contributed by atoms with Crippen LogP contribution < -0.4 is 25.0 Å². The summed E-state index contributed by atoms with van der Waals surface area (Å²) in [6.07, 6.45) is 2.74. The number of nitrogens with zero attached hydrogens (tertiary/aromatic N) is 4. The third-order valence-corrected chi connectivity index (χ3v) is 5.47. The van der Waals surface area contributed by atoms with Gasteiger partial charge in [0.25, 0.3) is 0 Å². The minimum atomic E-state index is 0. The fraction of sp³-hybridized carbons (Fsp3) is 0.478. The molecule has 1 aromatic heterocycles. The Hall–Kier alpha value is -2.27. The van der Waals surface area contributed by atoms with E-state index in [1.54, 1.807) is 21.3 Å². The van der Waals surface area contributed by atoms with Crippen LogP contribution in [0.15, 0.2) is 41.5 Å². The molecule has 2 heterocycles. The van der Waals surface area contributed by atoms with Gasteiger partial charge in [-0.15, -0.1) is 24.0 Å². The van der Waals surface area contributed by atoms with Gasteiger partial charge in [0.1, 0.15) is 5.82 Å². The summed E-state index contributed by atoms with van der Waals surface area (Å²) >= 11 is 0. The monoisotopic (exact) mass is 554 g/mol. The lowest BCUT2D eigenvalue weighted by molar-refractivity contribution is 0.312. The predicted molar refractivity (Wildman–Crippen MR) is 141 cm³/mol. The molecule has 0 bridgehead atoms. The Balaban J connectivity index is 0.00000363. The molecule has 0 radical (unpaired) electrons. The molecule has 2 N–H and O–H groups in total. The number of aromatic nitrogens is 1. The Labute approximate surface area is 208 Å². The van der Waals surface area contributed by atoms with Crippen LogP contribution in [0.2, 0.25) is 0 Å². The second kappa shape index (κ2) is 13.3. The number of rotatable bonds is 8. The van der Waals surface area contributed by atoms with Crippen molar-refractivity contribution in [1.29, 1.82) is 0 Å². The maximum atomic E-state index is 5.38. The van der Waals surface area contributed by atoms with Crippen LogP contribution in [0, 0.1) is 0 Å². The van der Waals surface area contributed by atoms with Crippen LogP contribution >= 0.6 is 24.0 Å². The number of aliphatic imine (C=N–C) groups is 1. The quantitative estimate of drug-likeness (QED) is 0.295. The molecular formula is C23H35IN6O2. The Morgan fingerprint density at radius 2 is 1.75 bits per heavy atom. The molecular weight excluding hydrogens is 519 g/mol. The van der Waals surface area contributed by atoms with Crippen molar-refractivity contribution >= 4 is 35.8 Å². The number of halogens is 1. The first-order valence-electron chi connectivity index (χ1n) is 10.7. The van der Waals surface area contributed by atoms with Gasteiger partial charge in [0, 0.05) is 52.5 Å². The number of methoxy groups -OCH3 is 2. The largest absolute Gasteiger partial charge is 0.493 e. The molecule has 9 heteroatoms. The van der Waals surface area contributed by atoms with Gasteiger partial charge in [-0.2, -0.15) is 0 Å². The van der Waals surface area contributed by atoms with Crippen molar-refractivity contribution in [3.63, 3.8) is 0 Å². The molecule has 0 amide bonds. The van der Waals surface area contributed by atoms with Crippen LogP contribution in [-0.2, 0) is 13.0 Å². The molecule has 1 saturated heterocycles. The molecule has 1 aliphatic heterocycles. The van der Waals surface area contributed by atoms with E-state index in [0.29, 0.717) is 6.54 Å². The maximum Gasteiger partial charge on any atom is 0.191 e. The topological polar surface area (TPSA) is 74.2 Å². The molecule has 3 rings (SSSR count). The molecule has 1 aliphatic rings. The van der Waals surface area contributed by atoms with Crippen LogP contribution in [0.25, 0.3) is 0 Å². The molecule has 0 aliphatic carbocycles. The lowest BCUT2D eigenvalue weighted by atomic mass is 10.1. The van der Waals surface area contributed by atoms with Gasteiger partial charge in [0.15, 0.2) is 17.5 Å². The van der Waals surface area contributed by atoms with E-state index in [0.717, 1.165) is 62.4 Å². The van der Waals surface area contributed by atoms with E-state index in [9.17, 15) is 0 Å². The number of hydrogen-bond acceptors (Lipinski definition) is 6. The second-order valence-corrected chi connectivity index (χ2v) is 7.60. The first kappa shape index (κ1) is 26.0. The van der Waals surface area contributed by atoms with Gasteiger partial charge < -0.3 is 29.9 Å². The van der Waals surface area contributed by atoms with E-state index in [4.69, 9.17) is 9.47 Å². The van der Waals surface area contributed by atoms with Crippen LogP contribution in [0.5, 0.6) is 11.5 Å². The van der Waals surface area contributed by atoms with Gasteiger partial charge in [0.2, 0.25) is 0 Å². The summed E-state index contributed by atoms with van der Waals surface area (Å²) in [6.45, 7) is 5.62. The minimum absolute atomic E-state index is 0. The van der Waals surface area contributed by atoms with Gasteiger partial charge in [-0.3, -0.25) is 4.99 Å². The van der Waals surface area contributed by atoms with Crippen LogP contribution in [-0.4, -0.2) is 76.9 Å². The Morgan fingerprint density at radius 1 is 1.00 bits per heavy atom. The van der Waals surface area contributed by atoms with Crippen LogP contribution in [0.3, 0.4) is 0 Å². The Bertz CT molecular complexity index is 871. The zero-order valence-electron chi connectivity index (χ0n) is 19.4. The molecule has 0 unspecified atom stereocenters. The first-order valence-corrected chi connectivity index (χ1v) is 10.7.